The van der Waals surface area contributed by atoms with Crippen LogP contribution < -0.4 is 10.6 Å². The van der Waals surface area contributed by atoms with Crippen molar-refractivity contribution >= 4 is 11.8 Å². The quantitative estimate of drug-likeness (QED) is 0.713. The van der Waals surface area contributed by atoms with Gasteiger partial charge in [-0.15, -0.1) is 0 Å². The fraction of sp³-hybridized carbons (Fsp3) is 1.00. The molecular weight excluding hydrogens is 180 g/mol. The Kier molecular flexibility index (Phi) is 3.94. The summed E-state index contributed by atoms with van der Waals surface area (Å²) in [4.78, 5) is 0. The summed E-state index contributed by atoms with van der Waals surface area (Å²) in [5.41, 5.74) is 0. The largest absolute Gasteiger partial charge is 0.315 e. The zero-order valence-corrected chi connectivity index (χ0v) is 9.04. The third-order valence-electron chi connectivity index (χ3n) is 3.10. The van der Waals surface area contributed by atoms with Crippen LogP contribution in [0.2, 0.25) is 0 Å². The summed E-state index contributed by atoms with van der Waals surface area (Å²) in [6.45, 7) is 3.65. The Balaban J connectivity index is 1.60. The fourth-order valence-electron chi connectivity index (χ4n) is 2.11. The Hall–Kier alpha value is 0.270. The standard InChI is InChI=1S/C10H20N2S/c1-4-11-8-10(1)12-7-9-2-5-13-6-3-9/h9-12H,1-8H2. The number of nitrogens with one attached hydrogen (secondary N) is 2. The second-order valence-electron chi connectivity index (χ2n) is 4.15. The molecule has 2 heterocycles. The van der Waals surface area contributed by atoms with Gasteiger partial charge in [-0.1, -0.05) is 0 Å². The SMILES string of the molecule is C1CC(NCC2CCSCC2)CN1. The van der Waals surface area contributed by atoms with Crippen molar-refractivity contribution in [1.29, 1.82) is 0 Å². The summed E-state index contributed by atoms with van der Waals surface area (Å²) in [5.74, 6) is 3.73. The van der Waals surface area contributed by atoms with E-state index in [1.165, 1.54) is 50.4 Å². The Morgan fingerprint density at radius 1 is 1.23 bits per heavy atom. The van der Waals surface area contributed by atoms with E-state index < -0.39 is 0 Å². The van der Waals surface area contributed by atoms with E-state index in [0.717, 1.165) is 12.0 Å². The van der Waals surface area contributed by atoms with Crippen LogP contribution in [0.5, 0.6) is 0 Å². The molecule has 2 saturated heterocycles. The fourth-order valence-corrected chi connectivity index (χ4v) is 3.32. The Bertz CT molecular complexity index is 140. The van der Waals surface area contributed by atoms with Gasteiger partial charge in [0.25, 0.3) is 0 Å². The molecule has 2 rings (SSSR count). The molecule has 0 radical (unpaired) electrons. The van der Waals surface area contributed by atoms with Crippen LogP contribution in [0.25, 0.3) is 0 Å². The molecule has 1 unspecified atom stereocenters. The normalized spacial score (nSPS) is 30.9. The molecule has 0 aromatic carbocycles. The van der Waals surface area contributed by atoms with Crippen molar-refractivity contribution in [3.63, 3.8) is 0 Å². The van der Waals surface area contributed by atoms with E-state index in [4.69, 9.17) is 0 Å². The van der Waals surface area contributed by atoms with Crippen LogP contribution in [-0.2, 0) is 0 Å². The highest BCUT2D eigenvalue weighted by atomic mass is 32.2. The minimum atomic E-state index is 0.759. The lowest BCUT2D eigenvalue weighted by molar-refractivity contribution is 0.415. The van der Waals surface area contributed by atoms with Crippen molar-refractivity contribution in [1.82, 2.24) is 10.6 Å². The molecule has 76 valence electrons. The smallest absolute Gasteiger partial charge is 0.0204 e. The highest BCUT2D eigenvalue weighted by Crippen LogP contribution is 2.22. The molecule has 13 heavy (non-hydrogen) atoms. The number of rotatable bonds is 3. The first-order chi connectivity index (χ1) is 6.45. The molecule has 0 spiro atoms. The molecule has 0 bridgehead atoms. The molecule has 2 fully saturated rings. The summed E-state index contributed by atoms with van der Waals surface area (Å²) in [7, 11) is 0. The van der Waals surface area contributed by atoms with Crippen molar-refractivity contribution in [2.75, 3.05) is 31.1 Å². The van der Waals surface area contributed by atoms with Crippen molar-refractivity contribution in [3.8, 4) is 0 Å². The van der Waals surface area contributed by atoms with Crippen molar-refractivity contribution in [3.05, 3.63) is 0 Å². The van der Waals surface area contributed by atoms with Gasteiger partial charge < -0.3 is 10.6 Å². The van der Waals surface area contributed by atoms with Gasteiger partial charge in [-0.05, 0) is 49.8 Å². The molecule has 0 aromatic heterocycles. The lowest BCUT2D eigenvalue weighted by atomic mass is 10.0. The van der Waals surface area contributed by atoms with E-state index in [2.05, 4.69) is 22.4 Å². The van der Waals surface area contributed by atoms with Gasteiger partial charge in [-0.25, -0.2) is 0 Å². The molecule has 2 aliphatic heterocycles. The maximum absolute atomic E-state index is 3.68. The monoisotopic (exact) mass is 200 g/mol. The van der Waals surface area contributed by atoms with Crippen LogP contribution in [0, 0.1) is 5.92 Å². The molecule has 0 amide bonds. The van der Waals surface area contributed by atoms with Gasteiger partial charge in [-0.2, -0.15) is 11.8 Å². The molecule has 3 heteroatoms. The average Bonchev–Trinajstić information content (AvgIpc) is 2.69. The van der Waals surface area contributed by atoms with E-state index >= 15 is 0 Å². The van der Waals surface area contributed by atoms with Crippen LogP contribution >= 0.6 is 11.8 Å². The van der Waals surface area contributed by atoms with Crippen LogP contribution in [0.3, 0.4) is 0 Å². The second kappa shape index (κ2) is 5.23. The van der Waals surface area contributed by atoms with Gasteiger partial charge in [0.05, 0.1) is 0 Å². The second-order valence-corrected chi connectivity index (χ2v) is 5.38. The highest BCUT2D eigenvalue weighted by Gasteiger charge is 2.17. The molecule has 0 aliphatic carbocycles. The number of hydrogen-bond donors (Lipinski definition) is 2. The minimum Gasteiger partial charge on any atom is -0.315 e. The van der Waals surface area contributed by atoms with E-state index in [0.29, 0.717) is 0 Å². The van der Waals surface area contributed by atoms with E-state index in [-0.39, 0.29) is 0 Å². The molecule has 0 saturated carbocycles. The van der Waals surface area contributed by atoms with E-state index in [9.17, 15) is 0 Å². The van der Waals surface area contributed by atoms with Crippen LogP contribution in [-0.4, -0.2) is 37.2 Å². The Morgan fingerprint density at radius 3 is 2.77 bits per heavy atom. The van der Waals surface area contributed by atoms with Gasteiger partial charge in [0, 0.05) is 12.6 Å². The van der Waals surface area contributed by atoms with Crippen molar-refractivity contribution in [2.45, 2.75) is 25.3 Å². The first kappa shape index (κ1) is 9.81. The number of hydrogen-bond acceptors (Lipinski definition) is 3. The topological polar surface area (TPSA) is 24.1 Å². The lowest BCUT2D eigenvalue weighted by Crippen LogP contribution is -2.35. The zero-order valence-electron chi connectivity index (χ0n) is 8.22. The molecule has 0 aromatic rings. The first-order valence-electron chi connectivity index (χ1n) is 5.47. The van der Waals surface area contributed by atoms with E-state index in [1.807, 2.05) is 0 Å². The molecule has 1 atom stereocenters. The van der Waals surface area contributed by atoms with Gasteiger partial charge in [0.2, 0.25) is 0 Å². The van der Waals surface area contributed by atoms with Gasteiger partial charge >= 0.3 is 0 Å². The minimum absolute atomic E-state index is 0.759. The Morgan fingerprint density at radius 2 is 2.08 bits per heavy atom. The maximum Gasteiger partial charge on any atom is 0.0204 e. The third-order valence-corrected chi connectivity index (χ3v) is 4.15. The van der Waals surface area contributed by atoms with Gasteiger partial charge in [-0.3, -0.25) is 0 Å². The maximum atomic E-state index is 3.68. The average molecular weight is 200 g/mol. The molecule has 2 nitrogen and oxygen atoms in total. The highest BCUT2D eigenvalue weighted by molar-refractivity contribution is 7.99. The Labute approximate surface area is 85.2 Å². The summed E-state index contributed by atoms with van der Waals surface area (Å²) >= 11 is 2.12. The lowest BCUT2D eigenvalue weighted by Gasteiger charge is -2.23. The zero-order chi connectivity index (χ0) is 8.93. The van der Waals surface area contributed by atoms with Crippen LogP contribution in [0.4, 0.5) is 0 Å². The van der Waals surface area contributed by atoms with Crippen molar-refractivity contribution < 1.29 is 0 Å². The predicted molar refractivity (Wildman–Crippen MR) is 59.3 cm³/mol. The summed E-state index contributed by atoms with van der Waals surface area (Å²) in [6.07, 6.45) is 4.18. The summed E-state index contributed by atoms with van der Waals surface area (Å²) in [6, 6.07) is 0.759. The van der Waals surface area contributed by atoms with Gasteiger partial charge in [0.15, 0.2) is 0 Å². The summed E-state index contributed by atoms with van der Waals surface area (Å²) < 4.78 is 0. The van der Waals surface area contributed by atoms with Crippen LogP contribution in [0.15, 0.2) is 0 Å². The van der Waals surface area contributed by atoms with E-state index in [1.54, 1.807) is 0 Å². The van der Waals surface area contributed by atoms with Gasteiger partial charge in [0.1, 0.15) is 0 Å². The number of thioether (sulfide) groups is 1. The molecule has 2 aliphatic rings. The summed E-state index contributed by atoms with van der Waals surface area (Å²) in [5, 5.41) is 7.07. The first-order valence-corrected chi connectivity index (χ1v) is 6.62. The van der Waals surface area contributed by atoms with Crippen LogP contribution in [0.1, 0.15) is 19.3 Å². The molecular formula is C10H20N2S. The predicted octanol–water partition coefficient (Wildman–Crippen LogP) is 1.08. The van der Waals surface area contributed by atoms with Crippen molar-refractivity contribution in [2.24, 2.45) is 5.92 Å². The molecule has 2 N–H and O–H groups in total. The third kappa shape index (κ3) is 3.15.